The Bertz CT molecular complexity index is 1410. The normalized spacial score (nSPS) is 16.3. The van der Waals surface area contributed by atoms with Crippen LogP contribution in [0.5, 0.6) is 0 Å². The zero-order chi connectivity index (χ0) is 29.9. The van der Waals surface area contributed by atoms with Crippen molar-refractivity contribution in [2.24, 2.45) is 0 Å². The summed E-state index contributed by atoms with van der Waals surface area (Å²) < 4.78 is 40.3. The van der Waals surface area contributed by atoms with Gasteiger partial charge in [0.2, 0.25) is 11.9 Å². The molecule has 0 saturated carbocycles. The van der Waals surface area contributed by atoms with E-state index in [-0.39, 0.29) is 24.8 Å². The zero-order valence-corrected chi connectivity index (χ0v) is 24.1. The van der Waals surface area contributed by atoms with Crippen LogP contribution >= 0.6 is 0 Å². The fourth-order valence-corrected chi connectivity index (χ4v) is 4.96. The first kappa shape index (κ1) is 29.4. The van der Waals surface area contributed by atoms with E-state index in [2.05, 4.69) is 15.2 Å². The summed E-state index contributed by atoms with van der Waals surface area (Å²) in [7, 11) is 0. The van der Waals surface area contributed by atoms with E-state index in [1.54, 1.807) is 49.9 Å². The molecule has 0 bridgehead atoms. The van der Waals surface area contributed by atoms with E-state index >= 15 is 0 Å². The Morgan fingerprint density at radius 1 is 0.976 bits per heavy atom. The molecule has 3 aromatic rings. The number of rotatable bonds is 7. The molecule has 2 saturated heterocycles. The molecule has 1 aromatic carbocycles. The molecule has 0 radical (unpaired) electrons. The third-order valence-electron chi connectivity index (χ3n) is 6.97. The van der Waals surface area contributed by atoms with Crippen molar-refractivity contribution in [3.05, 3.63) is 36.2 Å². The van der Waals surface area contributed by atoms with Gasteiger partial charge >= 0.3 is 6.09 Å². The first-order valence-corrected chi connectivity index (χ1v) is 14.1. The maximum Gasteiger partial charge on any atom is 0.407 e. The third-order valence-corrected chi connectivity index (χ3v) is 6.97. The Balaban J connectivity index is 1.34. The monoisotopic (exact) mass is 586 g/mol. The van der Waals surface area contributed by atoms with Crippen molar-refractivity contribution in [3.63, 3.8) is 0 Å². The predicted octanol–water partition coefficient (Wildman–Crippen LogP) is 3.15. The molecule has 1 N–H and O–H groups in total. The molecular formula is C28H36F2N8O4. The van der Waals surface area contributed by atoms with E-state index in [1.165, 1.54) is 4.57 Å². The van der Waals surface area contributed by atoms with Gasteiger partial charge in [-0.3, -0.25) is 9.36 Å². The summed E-state index contributed by atoms with van der Waals surface area (Å²) in [4.78, 5) is 44.1. The van der Waals surface area contributed by atoms with Crippen molar-refractivity contribution in [3.8, 4) is 5.95 Å². The lowest BCUT2D eigenvalue weighted by Crippen LogP contribution is -2.49. The van der Waals surface area contributed by atoms with Crippen LogP contribution in [0.2, 0.25) is 0 Å². The van der Waals surface area contributed by atoms with E-state index in [0.29, 0.717) is 75.2 Å². The number of para-hydroxylation sites is 2. The number of amides is 2. The van der Waals surface area contributed by atoms with Gasteiger partial charge < -0.3 is 29.5 Å². The molecular weight excluding hydrogens is 550 g/mol. The van der Waals surface area contributed by atoms with Crippen molar-refractivity contribution in [2.45, 2.75) is 39.2 Å². The first-order chi connectivity index (χ1) is 20.1. The van der Waals surface area contributed by atoms with Gasteiger partial charge in [0.1, 0.15) is 17.2 Å². The smallest absolute Gasteiger partial charge is 0.407 e. The number of hydrogen-bond donors (Lipinski definition) is 1. The molecule has 14 heteroatoms. The molecule has 2 aliphatic rings. The molecule has 226 valence electrons. The van der Waals surface area contributed by atoms with Crippen LogP contribution in [0, 0.1) is 0 Å². The Morgan fingerprint density at radius 2 is 1.62 bits per heavy atom. The van der Waals surface area contributed by atoms with Crippen LogP contribution in [-0.4, -0.2) is 101 Å². The summed E-state index contributed by atoms with van der Waals surface area (Å²) >= 11 is 0. The minimum absolute atomic E-state index is 0.0745. The molecule has 2 aromatic heterocycles. The van der Waals surface area contributed by atoms with Crippen molar-refractivity contribution in [1.82, 2.24) is 29.7 Å². The Morgan fingerprint density at radius 3 is 2.26 bits per heavy atom. The fraction of sp³-hybridized carbons (Fsp3) is 0.536. The van der Waals surface area contributed by atoms with Gasteiger partial charge in [-0.25, -0.2) is 18.6 Å². The van der Waals surface area contributed by atoms with Crippen molar-refractivity contribution < 1.29 is 27.8 Å². The number of alkyl carbamates (subject to hydrolysis) is 1. The number of carbonyl (C=O) groups is 2. The van der Waals surface area contributed by atoms with Gasteiger partial charge in [-0.15, -0.1) is 0 Å². The molecule has 42 heavy (non-hydrogen) atoms. The minimum Gasteiger partial charge on any atom is -0.444 e. The SMILES string of the molecule is CC(C)(C)OC(=O)NCCC(=O)N1CCN(c2cc(N3CCOCC3)nc(-n3c(C(F)F)nc4ccccc43)n2)CC1. The standard InChI is InChI=1S/C28H36F2N8O4/c1-28(2,3)42-27(40)31-9-8-23(39)37-12-10-35(11-13-37)21-18-22(36-14-16-41-17-15-36)34-26(33-21)38-20-7-5-4-6-19(20)32-25(38)24(29)30/h4-7,18,24H,8-17H2,1-3H3,(H,31,40). The van der Waals surface area contributed by atoms with Crippen molar-refractivity contribution in [2.75, 3.05) is 68.8 Å². The second kappa shape index (κ2) is 12.4. The maximum atomic E-state index is 14.1. The number of nitrogens with one attached hydrogen (secondary N) is 1. The van der Waals surface area contributed by atoms with Gasteiger partial charge in [-0.05, 0) is 32.9 Å². The predicted molar refractivity (Wildman–Crippen MR) is 152 cm³/mol. The summed E-state index contributed by atoms with van der Waals surface area (Å²) in [6.45, 7) is 9.70. The van der Waals surface area contributed by atoms with E-state index in [9.17, 15) is 18.4 Å². The summed E-state index contributed by atoms with van der Waals surface area (Å²) in [6, 6.07) is 8.78. The van der Waals surface area contributed by atoms with Crippen LogP contribution in [0.25, 0.3) is 17.0 Å². The third kappa shape index (κ3) is 6.86. The number of anilines is 2. The number of piperazine rings is 1. The lowest BCUT2D eigenvalue weighted by molar-refractivity contribution is -0.131. The highest BCUT2D eigenvalue weighted by Gasteiger charge is 2.27. The highest BCUT2D eigenvalue weighted by atomic mass is 19.3. The van der Waals surface area contributed by atoms with Crippen LogP contribution in [0.15, 0.2) is 30.3 Å². The van der Waals surface area contributed by atoms with E-state index in [4.69, 9.17) is 19.4 Å². The molecule has 5 rings (SSSR count). The van der Waals surface area contributed by atoms with Crippen molar-refractivity contribution >= 4 is 34.7 Å². The van der Waals surface area contributed by atoms with Gasteiger partial charge in [0, 0.05) is 58.3 Å². The summed E-state index contributed by atoms with van der Waals surface area (Å²) in [5, 5.41) is 2.62. The molecule has 0 spiro atoms. The number of morpholine rings is 1. The van der Waals surface area contributed by atoms with E-state index < -0.39 is 23.9 Å². The van der Waals surface area contributed by atoms with E-state index in [0.717, 1.165) is 0 Å². The summed E-state index contributed by atoms with van der Waals surface area (Å²) in [5.74, 6) is 0.817. The molecule has 0 aliphatic carbocycles. The number of imidazole rings is 1. The second-order valence-corrected chi connectivity index (χ2v) is 11.1. The molecule has 12 nitrogen and oxygen atoms in total. The number of ether oxygens (including phenoxy) is 2. The molecule has 2 aliphatic heterocycles. The van der Waals surface area contributed by atoms with Crippen LogP contribution < -0.4 is 15.1 Å². The average Bonchev–Trinajstić information content (AvgIpc) is 3.37. The Labute approximate surface area is 242 Å². The second-order valence-electron chi connectivity index (χ2n) is 11.1. The quantitative estimate of drug-likeness (QED) is 0.446. The van der Waals surface area contributed by atoms with Crippen LogP contribution in [0.1, 0.15) is 39.4 Å². The largest absolute Gasteiger partial charge is 0.444 e. The first-order valence-electron chi connectivity index (χ1n) is 14.1. The Kier molecular flexibility index (Phi) is 8.71. The number of halogens is 2. The Hall–Kier alpha value is -4.07. The summed E-state index contributed by atoms with van der Waals surface area (Å²) in [6.07, 6.45) is -3.23. The molecule has 2 amide bonds. The number of benzene rings is 1. The average molecular weight is 587 g/mol. The zero-order valence-electron chi connectivity index (χ0n) is 24.1. The van der Waals surface area contributed by atoms with Crippen LogP contribution in [0.4, 0.5) is 25.2 Å². The molecule has 0 unspecified atom stereocenters. The topological polar surface area (TPSA) is 118 Å². The van der Waals surface area contributed by atoms with Gasteiger partial charge in [0.25, 0.3) is 6.43 Å². The number of nitrogens with zero attached hydrogens (tertiary/aromatic N) is 7. The highest BCUT2D eigenvalue weighted by Crippen LogP contribution is 2.29. The van der Waals surface area contributed by atoms with E-state index in [1.807, 2.05) is 11.0 Å². The molecule has 2 fully saturated rings. The minimum atomic E-state index is -2.82. The fourth-order valence-electron chi connectivity index (χ4n) is 4.96. The molecule has 0 atom stereocenters. The van der Waals surface area contributed by atoms with Gasteiger partial charge in [0.15, 0.2) is 5.82 Å². The maximum absolute atomic E-state index is 14.1. The number of carbonyl (C=O) groups excluding carboxylic acids is 2. The van der Waals surface area contributed by atoms with Crippen LogP contribution in [-0.2, 0) is 14.3 Å². The number of alkyl halides is 2. The number of fused-ring (bicyclic) bond motifs is 1. The van der Waals surface area contributed by atoms with Gasteiger partial charge in [0.05, 0.1) is 24.2 Å². The molecule has 4 heterocycles. The highest BCUT2D eigenvalue weighted by molar-refractivity contribution is 5.78. The van der Waals surface area contributed by atoms with Gasteiger partial charge in [-0.2, -0.15) is 9.97 Å². The van der Waals surface area contributed by atoms with Crippen molar-refractivity contribution in [1.29, 1.82) is 0 Å². The van der Waals surface area contributed by atoms with Crippen LogP contribution in [0.3, 0.4) is 0 Å². The number of hydrogen-bond acceptors (Lipinski definition) is 9. The van der Waals surface area contributed by atoms with Gasteiger partial charge in [-0.1, -0.05) is 12.1 Å². The lowest BCUT2D eigenvalue weighted by Gasteiger charge is -2.36. The lowest BCUT2D eigenvalue weighted by atomic mass is 10.2. The summed E-state index contributed by atoms with van der Waals surface area (Å²) in [5.41, 5.74) is 0.315. The number of aromatic nitrogens is 4.